The molecule has 0 bridgehead atoms. The molecule has 0 saturated carbocycles. The van der Waals surface area contributed by atoms with Gasteiger partial charge in [-0.1, -0.05) is 54.1 Å². The van der Waals surface area contributed by atoms with Gasteiger partial charge >= 0.3 is 0 Å². The third-order valence-electron chi connectivity index (χ3n) is 4.23. The summed E-state index contributed by atoms with van der Waals surface area (Å²) < 4.78 is 0. The summed E-state index contributed by atoms with van der Waals surface area (Å²) in [7, 11) is 0. The number of allylic oxidation sites excluding steroid dienone is 2. The number of hydrogen-bond donors (Lipinski definition) is 0. The molecule has 0 atom stereocenters. The van der Waals surface area contributed by atoms with Crippen molar-refractivity contribution >= 4 is 45.9 Å². The molecule has 4 rings (SSSR count). The molecule has 116 valence electrons. The number of azo groups is 1. The van der Waals surface area contributed by atoms with Gasteiger partial charge in [0, 0.05) is 5.02 Å². The molecule has 0 aromatic heterocycles. The van der Waals surface area contributed by atoms with Crippen LogP contribution in [0, 0.1) is 6.92 Å². The average Bonchev–Trinajstić information content (AvgIpc) is 2.81. The smallest absolute Gasteiger partial charge is 0.0898 e. The number of rotatable bonds is 2. The van der Waals surface area contributed by atoms with Crippen LogP contribution in [0.2, 0.25) is 5.02 Å². The molecule has 3 aromatic rings. The van der Waals surface area contributed by atoms with Gasteiger partial charge in [-0.25, -0.2) is 0 Å². The van der Waals surface area contributed by atoms with E-state index in [1.807, 2.05) is 24.3 Å². The van der Waals surface area contributed by atoms with Crippen molar-refractivity contribution in [1.29, 1.82) is 0 Å². The molecule has 3 aromatic carbocycles. The molecular weight excluding hydrogens is 316 g/mol. The van der Waals surface area contributed by atoms with Gasteiger partial charge in [0.1, 0.15) is 0 Å². The van der Waals surface area contributed by atoms with Crippen LogP contribution in [0.5, 0.6) is 0 Å². The molecule has 0 amide bonds. The third-order valence-corrected chi connectivity index (χ3v) is 4.48. The maximum atomic E-state index is 5.91. The highest BCUT2D eigenvalue weighted by Crippen LogP contribution is 2.36. The van der Waals surface area contributed by atoms with Gasteiger partial charge in [0.15, 0.2) is 0 Å². The molecule has 0 fully saturated rings. The van der Waals surface area contributed by atoms with Crippen LogP contribution in [-0.4, -0.2) is 0 Å². The Labute approximate surface area is 145 Å². The first kappa shape index (κ1) is 14.9. The summed E-state index contributed by atoms with van der Waals surface area (Å²) in [5.74, 6) is 0. The van der Waals surface area contributed by atoms with E-state index in [0.29, 0.717) is 5.02 Å². The van der Waals surface area contributed by atoms with Gasteiger partial charge in [-0.05, 0) is 64.7 Å². The van der Waals surface area contributed by atoms with Crippen LogP contribution in [-0.2, 0) is 0 Å². The van der Waals surface area contributed by atoms with Crippen LogP contribution in [0.3, 0.4) is 0 Å². The van der Waals surface area contributed by atoms with Gasteiger partial charge in [0.25, 0.3) is 0 Å². The van der Waals surface area contributed by atoms with E-state index in [1.165, 1.54) is 21.9 Å². The highest BCUT2D eigenvalue weighted by atomic mass is 35.5. The topological polar surface area (TPSA) is 24.7 Å². The van der Waals surface area contributed by atoms with Crippen molar-refractivity contribution in [2.45, 2.75) is 6.92 Å². The number of hydrogen-bond acceptors (Lipinski definition) is 2. The largest absolute Gasteiger partial charge is 0.151 e. The SMILES string of the molecule is Cc1c(N=Nc2ccc(Cl)cc2)cc2c3c(cccc13)C=CC=C2. The second-order valence-corrected chi connectivity index (χ2v) is 6.21. The Bertz CT molecular complexity index is 1010. The van der Waals surface area contributed by atoms with Crippen LogP contribution >= 0.6 is 11.6 Å². The molecule has 24 heavy (non-hydrogen) atoms. The number of benzene rings is 3. The van der Waals surface area contributed by atoms with Gasteiger partial charge in [-0.3, -0.25) is 0 Å². The Morgan fingerprint density at radius 3 is 2.38 bits per heavy atom. The highest BCUT2D eigenvalue weighted by Gasteiger charge is 2.11. The minimum atomic E-state index is 0.696. The summed E-state index contributed by atoms with van der Waals surface area (Å²) in [6.45, 7) is 2.09. The lowest BCUT2D eigenvalue weighted by Crippen LogP contribution is -1.87. The summed E-state index contributed by atoms with van der Waals surface area (Å²) >= 11 is 5.91. The standard InChI is InChI=1S/C21H15ClN2/c1-14-19-8-4-7-15-5-2-3-6-16(21(15)19)13-20(14)24-23-18-11-9-17(22)10-12-18/h2-13H,1H3. The average molecular weight is 331 g/mol. The van der Waals surface area contributed by atoms with Crippen molar-refractivity contribution in [2.24, 2.45) is 10.2 Å². The summed E-state index contributed by atoms with van der Waals surface area (Å²) in [4.78, 5) is 0. The van der Waals surface area contributed by atoms with Crippen LogP contribution < -0.4 is 0 Å². The normalized spacial score (nSPS) is 12.9. The van der Waals surface area contributed by atoms with Gasteiger partial charge in [-0.15, -0.1) is 0 Å². The fraction of sp³-hybridized carbons (Fsp3) is 0.0476. The fourth-order valence-corrected chi connectivity index (χ4v) is 3.11. The van der Waals surface area contributed by atoms with E-state index in [0.717, 1.165) is 16.9 Å². The quantitative estimate of drug-likeness (QED) is 0.442. The minimum absolute atomic E-state index is 0.696. The van der Waals surface area contributed by atoms with E-state index < -0.39 is 0 Å². The van der Waals surface area contributed by atoms with Gasteiger partial charge in [0.05, 0.1) is 11.4 Å². The lowest BCUT2D eigenvalue weighted by Gasteiger charge is -2.11. The van der Waals surface area contributed by atoms with Crippen LogP contribution in [0.15, 0.2) is 70.9 Å². The summed E-state index contributed by atoms with van der Waals surface area (Å²) in [6, 6.07) is 15.8. The molecule has 1 aliphatic rings. The maximum absolute atomic E-state index is 5.91. The second-order valence-electron chi connectivity index (χ2n) is 5.77. The summed E-state index contributed by atoms with van der Waals surface area (Å²) in [5, 5.41) is 12.0. The van der Waals surface area contributed by atoms with E-state index >= 15 is 0 Å². The zero-order valence-corrected chi connectivity index (χ0v) is 14.0. The van der Waals surface area contributed by atoms with Crippen molar-refractivity contribution in [1.82, 2.24) is 0 Å². The second kappa shape index (κ2) is 6.06. The molecule has 0 N–H and O–H groups in total. The van der Waals surface area contributed by atoms with E-state index in [4.69, 9.17) is 11.6 Å². The number of nitrogens with zero attached hydrogens (tertiary/aromatic N) is 2. The van der Waals surface area contributed by atoms with Crippen molar-refractivity contribution < 1.29 is 0 Å². The lowest BCUT2D eigenvalue weighted by molar-refractivity contribution is 1.22. The Kier molecular flexibility index (Phi) is 3.75. The molecule has 0 saturated heterocycles. The Hall–Kier alpha value is -2.71. The zero-order valence-electron chi connectivity index (χ0n) is 13.2. The third kappa shape index (κ3) is 2.66. The minimum Gasteiger partial charge on any atom is -0.151 e. The van der Waals surface area contributed by atoms with E-state index in [1.54, 1.807) is 0 Å². The molecule has 0 unspecified atom stereocenters. The fourth-order valence-electron chi connectivity index (χ4n) is 2.98. The zero-order chi connectivity index (χ0) is 16.5. The molecular formula is C21H15ClN2. The molecule has 0 radical (unpaired) electrons. The first-order valence-electron chi connectivity index (χ1n) is 7.81. The van der Waals surface area contributed by atoms with Gasteiger partial charge < -0.3 is 0 Å². The van der Waals surface area contributed by atoms with Crippen molar-refractivity contribution in [3.8, 4) is 0 Å². The van der Waals surface area contributed by atoms with E-state index in [9.17, 15) is 0 Å². The Balaban J connectivity index is 1.86. The van der Waals surface area contributed by atoms with Crippen LogP contribution in [0.1, 0.15) is 16.7 Å². The van der Waals surface area contributed by atoms with Gasteiger partial charge in [0.2, 0.25) is 0 Å². The lowest BCUT2D eigenvalue weighted by atomic mass is 9.95. The van der Waals surface area contributed by atoms with E-state index in [2.05, 4.69) is 65.7 Å². The number of halogens is 1. The van der Waals surface area contributed by atoms with E-state index in [-0.39, 0.29) is 0 Å². The summed E-state index contributed by atoms with van der Waals surface area (Å²) in [6.07, 6.45) is 8.39. The maximum Gasteiger partial charge on any atom is 0.0898 e. The predicted molar refractivity (Wildman–Crippen MR) is 102 cm³/mol. The molecule has 3 heteroatoms. The van der Waals surface area contributed by atoms with Crippen molar-refractivity contribution in [3.63, 3.8) is 0 Å². The molecule has 0 spiro atoms. The summed E-state index contributed by atoms with van der Waals surface area (Å²) in [5.41, 5.74) is 5.21. The van der Waals surface area contributed by atoms with Crippen molar-refractivity contribution in [3.05, 3.63) is 82.4 Å². The molecule has 0 aliphatic heterocycles. The highest BCUT2D eigenvalue weighted by molar-refractivity contribution is 6.30. The first-order valence-corrected chi connectivity index (χ1v) is 8.18. The van der Waals surface area contributed by atoms with Crippen LogP contribution in [0.4, 0.5) is 11.4 Å². The number of aryl methyl sites for hydroxylation is 1. The monoisotopic (exact) mass is 330 g/mol. The Morgan fingerprint density at radius 1 is 0.833 bits per heavy atom. The van der Waals surface area contributed by atoms with Crippen molar-refractivity contribution in [2.75, 3.05) is 0 Å². The predicted octanol–water partition coefficient (Wildman–Crippen LogP) is 7.26. The molecule has 2 nitrogen and oxygen atoms in total. The van der Waals surface area contributed by atoms with Gasteiger partial charge in [-0.2, -0.15) is 10.2 Å². The molecule has 0 heterocycles. The van der Waals surface area contributed by atoms with Crippen LogP contribution in [0.25, 0.3) is 22.9 Å². The first-order chi connectivity index (χ1) is 11.7. The Morgan fingerprint density at radius 2 is 1.58 bits per heavy atom. The molecule has 1 aliphatic carbocycles.